The third-order valence-electron chi connectivity index (χ3n) is 4.26. The van der Waals surface area contributed by atoms with Gasteiger partial charge in [-0.15, -0.1) is 0 Å². The molecule has 1 aromatic carbocycles. The van der Waals surface area contributed by atoms with Gasteiger partial charge in [0.25, 0.3) is 0 Å². The normalized spacial score (nSPS) is 16.7. The second-order valence-corrected chi connectivity index (χ2v) is 5.66. The molecule has 1 heterocycles. The molecule has 0 spiro atoms. The van der Waals surface area contributed by atoms with Gasteiger partial charge in [0.05, 0.1) is 11.3 Å². The number of benzene rings is 1. The van der Waals surface area contributed by atoms with Gasteiger partial charge in [-0.25, -0.2) is 0 Å². The lowest BCUT2D eigenvalue weighted by Crippen LogP contribution is -2.46. The van der Waals surface area contributed by atoms with Crippen molar-refractivity contribution in [3.8, 4) is 6.07 Å². The molecule has 112 valence electrons. The van der Waals surface area contributed by atoms with Gasteiger partial charge in [0.15, 0.2) is 0 Å². The topological polar surface area (TPSA) is 47.3 Å². The fourth-order valence-electron chi connectivity index (χ4n) is 2.81. The highest BCUT2D eigenvalue weighted by atomic mass is 16.2. The Balaban J connectivity index is 2.12. The second-order valence-electron chi connectivity index (χ2n) is 5.66. The van der Waals surface area contributed by atoms with E-state index in [0.29, 0.717) is 5.56 Å². The first-order valence-corrected chi connectivity index (χ1v) is 7.66. The molecular formula is C17H23N3O. The van der Waals surface area contributed by atoms with Crippen molar-refractivity contribution in [2.75, 3.05) is 25.0 Å². The molecular weight excluding hydrogens is 262 g/mol. The van der Waals surface area contributed by atoms with Crippen LogP contribution >= 0.6 is 0 Å². The molecule has 0 N–H and O–H groups in total. The number of hydrogen-bond donors (Lipinski definition) is 0. The molecule has 0 aliphatic carbocycles. The zero-order valence-corrected chi connectivity index (χ0v) is 12.9. The molecule has 1 unspecified atom stereocenters. The number of nitrogens with zero attached hydrogens (tertiary/aromatic N) is 3. The van der Waals surface area contributed by atoms with Crippen LogP contribution in [0.2, 0.25) is 0 Å². The molecule has 0 radical (unpaired) electrons. The van der Waals surface area contributed by atoms with Crippen molar-refractivity contribution in [2.45, 2.75) is 38.6 Å². The van der Waals surface area contributed by atoms with Crippen LogP contribution in [0.4, 0.5) is 5.69 Å². The van der Waals surface area contributed by atoms with Crippen molar-refractivity contribution >= 4 is 11.6 Å². The van der Waals surface area contributed by atoms with Crippen LogP contribution in [0.1, 0.15) is 38.2 Å². The molecule has 1 amide bonds. The molecule has 0 aromatic heterocycles. The molecule has 1 atom stereocenters. The monoisotopic (exact) mass is 285 g/mol. The predicted molar refractivity (Wildman–Crippen MR) is 84.1 cm³/mol. The van der Waals surface area contributed by atoms with Crippen LogP contribution in [-0.2, 0) is 4.79 Å². The summed E-state index contributed by atoms with van der Waals surface area (Å²) in [6.07, 6.45) is 4.62. The number of anilines is 1. The van der Waals surface area contributed by atoms with E-state index in [1.54, 1.807) is 6.07 Å². The van der Waals surface area contributed by atoms with Gasteiger partial charge < -0.3 is 9.80 Å². The third kappa shape index (κ3) is 3.55. The first-order chi connectivity index (χ1) is 10.1. The number of likely N-dealkylation sites (tertiary alicyclic amines) is 1. The smallest absolute Gasteiger partial charge is 0.244 e. The Bertz CT molecular complexity index is 527. The maximum absolute atomic E-state index is 12.7. The molecule has 21 heavy (non-hydrogen) atoms. The Kier molecular flexibility index (Phi) is 5.21. The van der Waals surface area contributed by atoms with Crippen LogP contribution in [0.25, 0.3) is 0 Å². The van der Waals surface area contributed by atoms with E-state index in [4.69, 9.17) is 0 Å². The first-order valence-electron chi connectivity index (χ1n) is 7.66. The number of likely N-dealkylation sites (N-methyl/N-ethyl adjacent to an activating group) is 1. The summed E-state index contributed by atoms with van der Waals surface area (Å²) in [6.45, 7) is 3.63. The SMILES string of the molecule is CC(C(=O)N1CCCCCC1)N(C)c1ccccc1C#N. The van der Waals surface area contributed by atoms with Crippen molar-refractivity contribution in [3.05, 3.63) is 29.8 Å². The fraction of sp³-hybridized carbons (Fsp3) is 0.529. The Morgan fingerprint density at radius 1 is 1.24 bits per heavy atom. The van der Waals surface area contributed by atoms with Gasteiger partial charge in [-0.1, -0.05) is 25.0 Å². The van der Waals surface area contributed by atoms with Gasteiger partial charge in [-0.3, -0.25) is 4.79 Å². The highest BCUT2D eigenvalue weighted by molar-refractivity contribution is 5.85. The third-order valence-corrected chi connectivity index (χ3v) is 4.26. The highest BCUT2D eigenvalue weighted by Gasteiger charge is 2.25. The Labute approximate surface area is 127 Å². The van der Waals surface area contributed by atoms with E-state index in [2.05, 4.69) is 6.07 Å². The minimum absolute atomic E-state index is 0.159. The van der Waals surface area contributed by atoms with E-state index in [-0.39, 0.29) is 11.9 Å². The first kappa shape index (κ1) is 15.4. The van der Waals surface area contributed by atoms with Crippen molar-refractivity contribution in [3.63, 3.8) is 0 Å². The Morgan fingerprint density at radius 3 is 2.48 bits per heavy atom. The average molecular weight is 285 g/mol. The van der Waals surface area contributed by atoms with Crippen molar-refractivity contribution in [1.29, 1.82) is 5.26 Å². The number of para-hydroxylation sites is 1. The van der Waals surface area contributed by atoms with E-state index < -0.39 is 0 Å². The number of amides is 1. The van der Waals surface area contributed by atoms with E-state index in [1.165, 1.54) is 12.8 Å². The number of carbonyl (C=O) groups is 1. The molecule has 4 nitrogen and oxygen atoms in total. The Hall–Kier alpha value is -2.02. The van der Waals surface area contributed by atoms with Crippen LogP contribution in [0.15, 0.2) is 24.3 Å². The van der Waals surface area contributed by atoms with Crippen molar-refractivity contribution < 1.29 is 4.79 Å². The molecule has 1 fully saturated rings. The summed E-state index contributed by atoms with van der Waals surface area (Å²) in [6, 6.07) is 9.36. The number of hydrogen-bond acceptors (Lipinski definition) is 3. The van der Waals surface area contributed by atoms with Crippen LogP contribution in [0.5, 0.6) is 0 Å². The zero-order chi connectivity index (χ0) is 15.2. The summed E-state index contributed by atoms with van der Waals surface area (Å²) >= 11 is 0. The summed E-state index contributed by atoms with van der Waals surface area (Å²) in [7, 11) is 1.89. The van der Waals surface area contributed by atoms with E-state index in [0.717, 1.165) is 31.6 Å². The highest BCUT2D eigenvalue weighted by Crippen LogP contribution is 2.21. The van der Waals surface area contributed by atoms with E-state index in [9.17, 15) is 10.1 Å². The standard InChI is InChI=1S/C17H23N3O/c1-14(17(21)20-11-7-3-4-8-12-20)19(2)16-10-6-5-9-15(16)13-18/h5-6,9-10,14H,3-4,7-8,11-12H2,1-2H3. The molecule has 2 rings (SSSR count). The summed E-state index contributed by atoms with van der Waals surface area (Å²) in [4.78, 5) is 16.6. The molecule has 1 aliphatic heterocycles. The van der Waals surface area contributed by atoms with Crippen LogP contribution in [-0.4, -0.2) is 37.0 Å². The van der Waals surface area contributed by atoms with Gasteiger partial charge in [0.2, 0.25) is 5.91 Å². The molecule has 0 saturated carbocycles. The minimum atomic E-state index is -0.252. The average Bonchev–Trinajstić information content (AvgIpc) is 2.82. The lowest BCUT2D eigenvalue weighted by atomic mass is 10.1. The van der Waals surface area contributed by atoms with Gasteiger partial charge in [-0.2, -0.15) is 5.26 Å². The van der Waals surface area contributed by atoms with Gasteiger partial charge in [0, 0.05) is 20.1 Å². The lowest BCUT2D eigenvalue weighted by Gasteiger charge is -2.31. The van der Waals surface area contributed by atoms with Gasteiger partial charge in [0.1, 0.15) is 12.1 Å². The lowest BCUT2D eigenvalue weighted by molar-refractivity contribution is -0.132. The molecule has 0 bridgehead atoms. The van der Waals surface area contributed by atoms with Gasteiger partial charge in [-0.05, 0) is 31.9 Å². The van der Waals surface area contributed by atoms with Gasteiger partial charge >= 0.3 is 0 Å². The van der Waals surface area contributed by atoms with Crippen LogP contribution in [0.3, 0.4) is 0 Å². The summed E-state index contributed by atoms with van der Waals surface area (Å²) in [5.74, 6) is 0.159. The largest absolute Gasteiger partial charge is 0.362 e. The fourth-order valence-corrected chi connectivity index (χ4v) is 2.81. The summed E-state index contributed by atoms with van der Waals surface area (Å²) < 4.78 is 0. The molecule has 4 heteroatoms. The summed E-state index contributed by atoms with van der Waals surface area (Å²) in [5.41, 5.74) is 1.42. The number of carbonyl (C=O) groups excluding carboxylic acids is 1. The predicted octanol–water partition coefficient (Wildman–Crippen LogP) is 2.79. The number of nitriles is 1. The maximum Gasteiger partial charge on any atom is 0.244 e. The maximum atomic E-state index is 12.7. The molecule has 1 aromatic rings. The van der Waals surface area contributed by atoms with Crippen molar-refractivity contribution in [1.82, 2.24) is 4.90 Å². The van der Waals surface area contributed by atoms with Crippen molar-refractivity contribution in [2.24, 2.45) is 0 Å². The minimum Gasteiger partial charge on any atom is -0.362 e. The van der Waals surface area contributed by atoms with Crippen LogP contribution in [0, 0.1) is 11.3 Å². The van der Waals surface area contributed by atoms with E-state index >= 15 is 0 Å². The molecule has 1 saturated heterocycles. The summed E-state index contributed by atoms with van der Waals surface area (Å²) in [5, 5.41) is 9.20. The van der Waals surface area contributed by atoms with E-state index in [1.807, 2.05) is 42.0 Å². The number of rotatable bonds is 3. The van der Waals surface area contributed by atoms with Crippen LogP contribution < -0.4 is 4.90 Å². The Morgan fingerprint density at radius 2 is 1.86 bits per heavy atom. The second kappa shape index (κ2) is 7.12. The molecule has 1 aliphatic rings. The quantitative estimate of drug-likeness (QED) is 0.858. The zero-order valence-electron chi connectivity index (χ0n) is 12.9.